The Kier molecular flexibility index (Phi) is 6.67. The van der Waals surface area contributed by atoms with E-state index in [1.165, 1.54) is 0 Å². The van der Waals surface area contributed by atoms with Gasteiger partial charge in [-0.1, -0.05) is 20.8 Å². The second-order valence-corrected chi connectivity index (χ2v) is 8.24. The van der Waals surface area contributed by atoms with Crippen LogP contribution in [0.4, 0.5) is 5.69 Å². The first-order chi connectivity index (χ1) is 13.9. The van der Waals surface area contributed by atoms with Crippen LogP contribution in [0.5, 0.6) is 0 Å². The smallest absolute Gasteiger partial charge is 0.253 e. The van der Waals surface area contributed by atoms with Gasteiger partial charge in [0.1, 0.15) is 5.82 Å². The molecular weight excluding hydrogens is 366 g/mol. The number of H-pyrrole nitrogens is 1. The van der Waals surface area contributed by atoms with Crippen LogP contribution in [0.15, 0.2) is 18.2 Å². The van der Waals surface area contributed by atoms with Gasteiger partial charge in [0.15, 0.2) is 5.82 Å². The minimum absolute atomic E-state index is 0.00227. The Bertz CT molecular complexity index is 866. The maximum Gasteiger partial charge on any atom is 0.253 e. The van der Waals surface area contributed by atoms with Gasteiger partial charge < -0.3 is 10.2 Å². The molecule has 0 spiro atoms. The molecule has 1 aliphatic heterocycles. The third-order valence-electron chi connectivity index (χ3n) is 5.37. The van der Waals surface area contributed by atoms with Gasteiger partial charge in [0.2, 0.25) is 5.91 Å². The Balaban J connectivity index is 1.59. The van der Waals surface area contributed by atoms with Gasteiger partial charge in [-0.25, -0.2) is 4.98 Å². The first kappa shape index (κ1) is 21.0. The van der Waals surface area contributed by atoms with Crippen LogP contribution in [0.3, 0.4) is 0 Å². The zero-order chi connectivity index (χ0) is 21.0. The van der Waals surface area contributed by atoms with E-state index in [0.29, 0.717) is 36.9 Å². The number of piperidine rings is 1. The number of aryl methyl sites for hydroxylation is 2. The minimum atomic E-state index is 0.00227. The number of amides is 2. The molecule has 1 aromatic heterocycles. The zero-order valence-corrected chi connectivity index (χ0v) is 17.8. The summed E-state index contributed by atoms with van der Waals surface area (Å²) < 4.78 is 0. The topological polar surface area (TPSA) is 91.0 Å². The van der Waals surface area contributed by atoms with Gasteiger partial charge in [0.05, 0.1) is 0 Å². The van der Waals surface area contributed by atoms with E-state index in [-0.39, 0.29) is 11.8 Å². The quantitative estimate of drug-likeness (QED) is 0.778. The van der Waals surface area contributed by atoms with Crippen molar-refractivity contribution in [3.05, 3.63) is 41.0 Å². The zero-order valence-electron chi connectivity index (χ0n) is 17.8. The predicted octanol–water partition coefficient (Wildman–Crippen LogP) is 3.68. The summed E-state index contributed by atoms with van der Waals surface area (Å²) in [4.78, 5) is 31.4. The fourth-order valence-corrected chi connectivity index (χ4v) is 3.68. The molecular formula is C22H31N5O2. The summed E-state index contributed by atoms with van der Waals surface area (Å²) in [6, 6.07) is 5.49. The summed E-state index contributed by atoms with van der Waals surface area (Å²) in [7, 11) is 0. The molecule has 2 amide bonds. The number of nitrogens with zero attached hydrogens (tertiary/aromatic N) is 3. The first-order valence-electron chi connectivity index (χ1n) is 10.5. The number of carbonyl (C=O) groups is 2. The fraction of sp³-hybridized carbons (Fsp3) is 0.545. The number of carbonyl (C=O) groups excluding carboxylic acids is 2. The maximum absolute atomic E-state index is 12.9. The summed E-state index contributed by atoms with van der Waals surface area (Å²) in [6.45, 7) is 9.40. The van der Waals surface area contributed by atoms with Crippen molar-refractivity contribution in [3.63, 3.8) is 0 Å². The van der Waals surface area contributed by atoms with E-state index in [4.69, 9.17) is 0 Å². The van der Waals surface area contributed by atoms with Crippen molar-refractivity contribution >= 4 is 17.5 Å². The van der Waals surface area contributed by atoms with Crippen molar-refractivity contribution in [1.82, 2.24) is 20.1 Å². The third kappa shape index (κ3) is 5.22. The van der Waals surface area contributed by atoms with Crippen LogP contribution in [0, 0.1) is 12.8 Å². The van der Waals surface area contributed by atoms with Crippen LogP contribution in [0.25, 0.3) is 0 Å². The monoisotopic (exact) mass is 397 g/mol. The van der Waals surface area contributed by atoms with Crippen LogP contribution >= 0.6 is 0 Å². The molecule has 0 saturated carbocycles. The molecule has 3 rings (SSSR count). The molecule has 7 heteroatoms. The van der Waals surface area contributed by atoms with E-state index < -0.39 is 0 Å². The van der Waals surface area contributed by atoms with Crippen LogP contribution in [-0.2, 0) is 11.2 Å². The van der Waals surface area contributed by atoms with Gasteiger partial charge in [0, 0.05) is 43.1 Å². The summed E-state index contributed by atoms with van der Waals surface area (Å²) in [5, 5.41) is 10.2. The molecule has 2 heterocycles. The summed E-state index contributed by atoms with van der Waals surface area (Å²) in [5.41, 5.74) is 2.33. The van der Waals surface area contributed by atoms with Crippen LogP contribution in [0.2, 0.25) is 0 Å². The standard InChI is InChI=1S/C22H31N5O2/c1-5-19-24-21(26-25-19)16-8-10-27(11-9-16)22(29)17-6-7-18(15(4)13-17)23-20(28)12-14(2)3/h6-7,13-14,16H,5,8-12H2,1-4H3,(H,23,28)(H,24,25,26). The van der Waals surface area contributed by atoms with Gasteiger partial charge in [-0.05, 0) is 49.4 Å². The second-order valence-electron chi connectivity index (χ2n) is 8.24. The van der Waals surface area contributed by atoms with E-state index in [2.05, 4.69) is 27.4 Å². The number of anilines is 1. The van der Waals surface area contributed by atoms with E-state index >= 15 is 0 Å². The lowest BCUT2D eigenvalue weighted by Gasteiger charge is -2.31. The van der Waals surface area contributed by atoms with Crippen molar-refractivity contribution in [1.29, 1.82) is 0 Å². The fourth-order valence-electron chi connectivity index (χ4n) is 3.68. The highest BCUT2D eigenvalue weighted by Crippen LogP contribution is 2.27. The normalized spacial score (nSPS) is 15.0. The maximum atomic E-state index is 12.9. The van der Waals surface area contributed by atoms with Crippen molar-refractivity contribution in [2.75, 3.05) is 18.4 Å². The van der Waals surface area contributed by atoms with Gasteiger partial charge in [-0.3, -0.25) is 14.7 Å². The second kappa shape index (κ2) is 9.20. The average molecular weight is 398 g/mol. The predicted molar refractivity (Wildman–Crippen MR) is 113 cm³/mol. The summed E-state index contributed by atoms with van der Waals surface area (Å²) in [5.74, 6) is 2.43. The van der Waals surface area contributed by atoms with Gasteiger partial charge >= 0.3 is 0 Å². The number of benzene rings is 1. The summed E-state index contributed by atoms with van der Waals surface area (Å²) in [6.07, 6.45) is 3.07. The highest BCUT2D eigenvalue weighted by atomic mass is 16.2. The molecule has 2 aromatic rings. The molecule has 29 heavy (non-hydrogen) atoms. The van der Waals surface area contributed by atoms with Crippen molar-refractivity contribution in [2.24, 2.45) is 5.92 Å². The Morgan fingerprint density at radius 1 is 1.28 bits per heavy atom. The largest absolute Gasteiger partial charge is 0.339 e. The Morgan fingerprint density at radius 2 is 2.00 bits per heavy atom. The number of aromatic amines is 1. The van der Waals surface area contributed by atoms with Crippen molar-refractivity contribution < 1.29 is 9.59 Å². The van der Waals surface area contributed by atoms with Crippen LogP contribution in [-0.4, -0.2) is 45.0 Å². The van der Waals surface area contributed by atoms with E-state index in [0.717, 1.165) is 42.2 Å². The van der Waals surface area contributed by atoms with Gasteiger partial charge in [-0.2, -0.15) is 5.10 Å². The molecule has 1 aromatic carbocycles. The van der Waals surface area contributed by atoms with Gasteiger partial charge in [0.25, 0.3) is 5.91 Å². The van der Waals surface area contributed by atoms with E-state index in [9.17, 15) is 9.59 Å². The molecule has 2 N–H and O–H groups in total. The molecule has 156 valence electrons. The SMILES string of the molecule is CCc1nc(C2CCN(C(=O)c3ccc(NC(=O)CC(C)C)c(C)c3)CC2)n[nH]1. The third-order valence-corrected chi connectivity index (χ3v) is 5.37. The minimum Gasteiger partial charge on any atom is -0.339 e. The molecule has 1 saturated heterocycles. The number of hydrogen-bond donors (Lipinski definition) is 2. The molecule has 0 atom stereocenters. The van der Waals surface area contributed by atoms with Crippen LogP contribution < -0.4 is 5.32 Å². The lowest BCUT2D eigenvalue weighted by molar-refractivity contribution is -0.116. The highest BCUT2D eigenvalue weighted by molar-refractivity contribution is 5.96. The van der Waals surface area contributed by atoms with E-state index in [1.54, 1.807) is 6.07 Å². The molecule has 0 bridgehead atoms. The molecule has 0 radical (unpaired) electrons. The van der Waals surface area contributed by atoms with Crippen LogP contribution in [0.1, 0.15) is 73.5 Å². The van der Waals surface area contributed by atoms with Crippen molar-refractivity contribution in [3.8, 4) is 0 Å². The number of hydrogen-bond acceptors (Lipinski definition) is 4. The lowest BCUT2D eigenvalue weighted by atomic mass is 9.95. The molecule has 1 aliphatic rings. The Morgan fingerprint density at radius 3 is 2.59 bits per heavy atom. The number of aromatic nitrogens is 3. The van der Waals surface area contributed by atoms with Gasteiger partial charge in [-0.15, -0.1) is 0 Å². The van der Waals surface area contributed by atoms with E-state index in [1.807, 2.05) is 37.8 Å². The Hall–Kier alpha value is -2.70. The molecule has 0 aliphatic carbocycles. The lowest BCUT2D eigenvalue weighted by Crippen LogP contribution is -2.38. The Labute approximate surface area is 172 Å². The molecule has 7 nitrogen and oxygen atoms in total. The first-order valence-corrected chi connectivity index (χ1v) is 10.5. The number of rotatable bonds is 6. The van der Waals surface area contributed by atoms with Crippen molar-refractivity contribution in [2.45, 2.75) is 59.3 Å². The number of nitrogens with one attached hydrogen (secondary N) is 2. The summed E-state index contributed by atoms with van der Waals surface area (Å²) >= 11 is 0. The average Bonchev–Trinajstić information content (AvgIpc) is 3.18. The highest BCUT2D eigenvalue weighted by Gasteiger charge is 2.27. The molecule has 1 fully saturated rings. The molecule has 0 unspecified atom stereocenters. The number of likely N-dealkylation sites (tertiary alicyclic amines) is 1.